The third-order valence-corrected chi connectivity index (χ3v) is 6.90. The number of aromatic nitrogens is 2. The van der Waals surface area contributed by atoms with Gasteiger partial charge >= 0.3 is 0 Å². The van der Waals surface area contributed by atoms with Crippen LogP contribution >= 0.6 is 0 Å². The van der Waals surface area contributed by atoms with Gasteiger partial charge in [-0.25, -0.2) is 0 Å². The maximum Gasteiger partial charge on any atom is 0.244 e. The van der Waals surface area contributed by atoms with Crippen LogP contribution in [0, 0.1) is 13.8 Å². The van der Waals surface area contributed by atoms with Crippen LogP contribution in [-0.4, -0.2) is 82.5 Å². The molecule has 4 heterocycles. The Balaban J connectivity index is 1.12. The van der Waals surface area contributed by atoms with E-state index in [2.05, 4.69) is 27.0 Å². The standard InChI is InChI=1S/C24H33N5O3/c1-18-12-19(2)29(25-18)16-24(30)28-7-3-4-21(15-28)27-10-8-26(9-11-27)14-20-5-6-22-23(13-20)32-17-31-22/h5-6,12-13,21H,3-4,7-11,14-17H2,1-2H3/t21-/m1/s1. The molecule has 2 saturated heterocycles. The normalized spacial score (nSPS) is 21.8. The van der Waals surface area contributed by atoms with Crippen molar-refractivity contribution in [1.82, 2.24) is 24.5 Å². The van der Waals surface area contributed by atoms with Gasteiger partial charge in [0, 0.05) is 57.5 Å². The molecule has 2 fully saturated rings. The van der Waals surface area contributed by atoms with E-state index in [-0.39, 0.29) is 5.91 Å². The smallest absolute Gasteiger partial charge is 0.244 e. The molecule has 0 saturated carbocycles. The van der Waals surface area contributed by atoms with Crippen LogP contribution in [-0.2, 0) is 17.9 Å². The van der Waals surface area contributed by atoms with Crippen LogP contribution in [0.15, 0.2) is 24.3 Å². The number of ether oxygens (including phenoxy) is 2. The monoisotopic (exact) mass is 439 g/mol. The van der Waals surface area contributed by atoms with Crippen molar-refractivity contribution in [2.45, 2.75) is 45.8 Å². The summed E-state index contributed by atoms with van der Waals surface area (Å²) in [5.74, 6) is 1.88. The average Bonchev–Trinajstić information content (AvgIpc) is 3.39. The zero-order valence-corrected chi connectivity index (χ0v) is 19.1. The molecule has 2 aromatic rings. The molecule has 0 bridgehead atoms. The van der Waals surface area contributed by atoms with Gasteiger partial charge in [-0.2, -0.15) is 5.10 Å². The van der Waals surface area contributed by atoms with Crippen molar-refractivity contribution in [3.8, 4) is 11.5 Å². The zero-order chi connectivity index (χ0) is 22.1. The molecule has 0 radical (unpaired) electrons. The number of piperidine rings is 1. The van der Waals surface area contributed by atoms with Gasteiger partial charge in [0.1, 0.15) is 6.54 Å². The van der Waals surface area contributed by atoms with Crippen molar-refractivity contribution in [3.63, 3.8) is 0 Å². The minimum Gasteiger partial charge on any atom is -0.454 e. The van der Waals surface area contributed by atoms with Crippen LogP contribution in [0.1, 0.15) is 29.8 Å². The number of piperazine rings is 1. The second kappa shape index (κ2) is 9.11. The largest absolute Gasteiger partial charge is 0.454 e. The molecule has 1 aromatic carbocycles. The lowest BCUT2D eigenvalue weighted by Gasteiger charge is -2.43. The number of hydrogen-bond donors (Lipinski definition) is 0. The third-order valence-electron chi connectivity index (χ3n) is 6.90. The predicted molar refractivity (Wildman–Crippen MR) is 121 cm³/mol. The number of fused-ring (bicyclic) bond motifs is 1. The first kappa shape index (κ1) is 21.3. The third kappa shape index (κ3) is 4.61. The van der Waals surface area contributed by atoms with Crippen LogP contribution in [0.2, 0.25) is 0 Å². The number of carbonyl (C=O) groups excluding carboxylic acids is 1. The van der Waals surface area contributed by atoms with Crippen molar-refractivity contribution in [2.24, 2.45) is 0 Å². The van der Waals surface area contributed by atoms with Crippen LogP contribution < -0.4 is 9.47 Å². The fraction of sp³-hybridized carbons (Fsp3) is 0.583. The summed E-state index contributed by atoms with van der Waals surface area (Å²) in [5, 5.41) is 4.45. The molecule has 5 rings (SSSR count). The number of aryl methyl sites for hydroxylation is 2. The summed E-state index contributed by atoms with van der Waals surface area (Å²) >= 11 is 0. The summed E-state index contributed by atoms with van der Waals surface area (Å²) in [6.07, 6.45) is 2.25. The van der Waals surface area contributed by atoms with Gasteiger partial charge in [-0.3, -0.25) is 19.3 Å². The fourth-order valence-electron chi connectivity index (χ4n) is 5.13. The maximum absolute atomic E-state index is 12.9. The Bertz CT molecular complexity index is 967. The molecule has 1 atom stereocenters. The first-order valence-electron chi connectivity index (χ1n) is 11.7. The number of amides is 1. The van der Waals surface area contributed by atoms with E-state index in [0.717, 1.165) is 75.1 Å². The Morgan fingerprint density at radius 3 is 2.66 bits per heavy atom. The Kier molecular flexibility index (Phi) is 6.06. The van der Waals surface area contributed by atoms with E-state index >= 15 is 0 Å². The minimum absolute atomic E-state index is 0.183. The molecule has 0 aliphatic carbocycles. The summed E-state index contributed by atoms with van der Waals surface area (Å²) in [6, 6.07) is 8.72. The highest BCUT2D eigenvalue weighted by molar-refractivity contribution is 5.76. The number of carbonyl (C=O) groups is 1. The topological polar surface area (TPSA) is 63.1 Å². The first-order chi connectivity index (χ1) is 15.5. The second-order valence-electron chi connectivity index (χ2n) is 9.22. The highest BCUT2D eigenvalue weighted by atomic mass is 16.7. The van der Waals surface area contributed by atoms with Crippen LogP contribution in [0.3, 0.4) is 0 Å². The van der Waals surface area contributed by atoms with E-state index in [1.165, 1.54) is 12.0 Å². The van der Waals surface area contributed by atoms with Gasteiger partial charge in [-0.1, -0.05) is 6.07 Å². The van der Waals surface area contributed by atoms with Crippen molar-refractivity contribution in [1.29, 1.82) is 0 Å². The Labute approximate surface area is 189 Å². The van der Waals surface area contributed by atoms with E-state index < -0.39 is 0 Å². The molecule has 172 valence electrons. The van der Waals surface area contributed by atoms with E-state index in [1.807, 2.05) is 35.6 Å². The molecule has 32 heavy (non-hydrogen) atoms. The van der Waals surface area contributed by atoms with E-state index in [4.69, 9.17) is 9.47 Å². The van der Waals surface area contributed by atoms with Crippen molar-refractivity contribution < 1.29 is 14.3 Å². The van der Waals surface area contributed by atoms with Gasteiger partial charge < -0.3 is 14.4 Å². The lowest BCUT2D eigenvalue weighted by molar-refractivity contribution is -0.134. The van der Waals surface area contributed by atoms with Gasteiger partial charge in [-0.05, 0) is 50.5 Å². The molecule has 0 N–H and O–H groups in total. The first-order valence-corrected chi connectivity index (χ1v) is 11.7. The van der Waals surface area contributed by atoms with Crippen LogP contribution in [0.5, 0.6) is 11.5 Å². The Hall–Kier alpha value is -2.58. The second-order valence-corrected chi connectivity index (χ2v) is 9.22. The molecule has 1 amide bonds. The number of likely N-dealkylation sites (tertiary alicyclic amines) is 1. The number of hydrogen-bond acceptors (Lipinski definition) is 6. The summed E-state index contributed by atoms with van der Waals surface area (Å²) in [5.41, 5.74) is 3.27. The summed E-state index contributed by atoms with van der Waals surface area (Å²) in [4.78, 5) is 20.0. The Morgan fingerprint density at radius 2 is 1.88 bits per heavy atom. The molecule has 3 aliphatic rings. The van der Waals surface area contributed by atoms with Gasteiger partial charge in [0.05, 0.1) is 5.69 Å². The minimum atomic E-state index is 0.183. The summed E-state index contributed by atoms with van der Waals surface area (Å²) in [6.45, 7) is 11.5. The van der Waals surface area contributed by atoms with Gasteiger partial charge in [-0.15, -0.1) is 0 Å². The van der Waals surface area contributed by atoms with Crippen LogP contribution in [0.25, 0.3) is 0 Å². The fourth-order valence-corrected chi connectivity index (χ4v) is 5.13. The molecule has 0 unspecified atom stereocenters. The highest BCUT2D eigenvalue weighted by Crippen LogP contribution is 2.33. The predicted octanol–water partition coefficient (Wildman–Crippen LogP) is 2.04. The molecule has 3 aliphatic heterocycles. The number of nitrogens with zero attached hydrogens (tertiary/aromatic N) is 5. The maximum atomic E-state index is 12.9. The van der Waals surface area contributed by atoms with Crippen molar-refractivity contribution in [2.75, 3.05) is 46.1 Å². The Morgan fingerprint density at radius 1 is 1.06 bits per heavy atom. The van der Waals surface area contributed by atoms with Gasteiger partial charge in [0.15, 0.2) is 11.5 Å². The van der Waals surface area contributed by atoms with E-state index in [1.54, 1.807) is 0 Å². The van der Waals surface area contributed by atoms with E-state index in [9.17, 15) is 4.79 Å². The van der Waals surface area contributed by atoms with E-state index in [0.29, 0.717) is 19.4 Å². The molecule has 1 aromatic heterocycles. The van der Waals surface area contributed by atoms with Gasteiger partial charge in [0.2, 0.25) is 12.7 Å². The number of rotatable bonds is 5. The van der Waals surface area contributed by atoms with Crippen molar-refractivity contribution >= 4 is 5.91 Å². The van der Waals surface area contributed by atoms with Crippen LogP contribution in [0.4, 0.5) is 0 Å². The SMILES string of the molecule is Cc1cc(C)n(CC(=O)N2CCC[C@@H](N3CCN(Cc4ccc5c(c4)OCO5)CC3)C2)n1. The zero-order valence-electron chi connectivity index (χ0n) is 19.1. The molecule has 8 nitrogen and oxygen atoms in total. The average molecular weight is 440 g/mol. The molecular weight excluding hydrogens is 406 g/mol. The molecule has 0 spiro atoms. The molecule has 8 heteroatoms. The molecular formula is C24H33N5O3. The quantitative estimate of drug-likeness (QED) is 0.711. The lowest BCUT2D eigenvalue weighted by atomic mass is 10.0. The number of benzene rings is 1. The summed E-state index contributed by atoms with van der Waals surface area (Å²) in [7, 11) is 0. The highest BCUT2D eigenvalue weighted by Gasteiger charge is 2.30. The van der Waals surface area contributed by atoms with Crippen molar-refractivity contribution in [3.05, 3.63) is 41.2 Å². The lowest BCUT2D eigenvalue weighted by Crippen LogP contribution is -2.55. The summed E-state index contributed by atoms with van der Waals surface area (Å²) < 4.78 is 12.8. The van der Waals surface area contributed by atoms with Gasteiger partial charge in [0.25, 0.3) is 0 Å².